The van der Waals surface area contributed by atoms with Crippen molar-refractivity contribution in [1.29, 1.82) is 0 Å². The molecule has 0 spiro atoms. The van der Waals surface area contributed by atoms with Crippen LogP contribution < -0.4 is 4.90 Å². The molecule has 0 bridgehead atoms. The normalized spacial score (nSPS) is 18.2. The van der Waals surface area contributed by atoms with Crippen LogP contribution in [-0.4, -0.2) is 37.6 Å². The van der Waals surface area contributed by atoms with Crippen molar-refractivity contribution in [3.63, 3.8) is 0 Å². The molecule has 2 aromatic rings. The van der Waals surface area contributed by atoms with Gasteiger partial charge in [0, 0.05) is 10.6 Å². The lowest BCUT2D eigenvalue weighted by molar-refractivity contribution is -0.116. The molecule has 1 amide bonds. The third kappa shape index (κ3) is 4.44. The Kier molecular flexibility index (Phi) is 6.20. The number of amides is 1. The maximum atomic E-state index is 13.2. The van der Waals surface area contributed by atoms with Gasteiger partial charge >= 0.3 is 0 Å². The van der Waals surface area contributed by atoms with Crippen LogP contribution in [0.25, 0.3) is 0 Å². The second-order valence-corrected chi connectivity index (χ2v) is 10.7. The molecule has 1 fully saturated rings. The summed E-state index contributed by atoms with van der Waals surface area (Å²) < 4.78 is 24.0. The van der Waals surface area contributed by atoms with Gasteiger partial charge in [-0.1, -0.05) is 24.3 Å². The topological polar surface area (TPSA) is 54.5 Å². The number of rotatable bonds is 5. The molecule has 2 aromatic carbocycles. The summed E-state index contributed by atoms with van der Waals surface area (Å²) in [6.45, 7) is 8.36. The van der Waals surface area contributed by atoms with Gasteiger partial charge in [0.1, 0.15) is 0 Å². The molecule has 0 saturated carbocycles. The molecular formula is C22H27NO3S2. The molecule has 4 nitrogen and oxygen atoms in total. The van der Waals surface area contributed by atoms with Crippen LogP contribution in [0.5, 0.6) is 0 Å². The number of hydrogen-bond acceptors (Lipinski definition) is 4. The first kappa shape index (κ1) is 20.9. The van der Waals surface area contributed by atoms with Crippen LogP contribution in [0, 0.1) is 27.7 Å². The van der Waals surface area contributed by atoms with Gasteiger partial charge in [0.15, 0.2) is 9.84 Å². The molecule has 0 aliphatic carbocycles. The highest BCUT2D eigenvalue weighted by atomic mass is 32.2. The minimum absolute atomic E-state index is 0.0416. The van der Waals surface area contributed by atoms with E-state index in [-0.39, 0.29) is 29.2 Å². The van der Waals surface area contributed by atoms with Crippen molar-refractivity contribution in [3.05, 3.63) is 58.7 Å². The Bertz CT molecular complexity index is 958. The lowest BCUT2D eigenvalue weighted by atomic mass is 10.0. The zero-order valence-electron chi connectivity index (χ0n) is 16.9. The maximum Gasteiger partial charge on any atom is 0.237 e. The summed E-state index contributed by atoms with van der Waals surface area (Å²) in [6, 6.07) is 11.3. The number of sulfone groups is 1. The van der Waals surface area contributed by atoms with Gasteiger partial charge in [-0.15, -0.1) is 11.8 Å². The van der Waals surface area contributed by atoms with E-state index >= 15 is 0 Å². The Hall–Kier alpha value is -1.79. The highest BCUT2D eigenvalue weighted by Gasteiger charge is 2.35. The van der Waals surface area contributed by atoms with Gasteiger partial charge in [0.2, 0.25) is 5.91 Å². The Morgan fingerprint density at radius 3 is 2.21 bits per heavy atom. The minimum atomic E-state index is -3.07. The van der Waals surface area contributed by atoms with Crippen LogP contribution in [0.15, 0.2) is 41.3 Å². The van der Waals surface area contributed by atoms with Gasteiger partial charge in [-0.2, -0.15) is 0 Å². The number of anilines is 1. The molecule has 1 heterocycles. The van der Waals surface area contributed by atoms with E-state index in [2.05, 4.69) is 33.8 Å². The fourth-order valence-electron chi connectivity index (χ4n) is 3.73. The molecule has 0 aromatic heterocycles. The Morgan fingerprint density at radius 1 is 1.07 bits per heavy atom. The predicted octanol–water partition coefficient (Wildman–Crippen LogP) is 4.23. The van der Waals surface area contributed by atoms with Crippen LogP contribution >= 0.6 is 11.8 Å². The smallest absolute Gasteiger partial charge is 0.237 e. The molecule has 1 aliphatic heterocycles. The van der Waals surface area contributed by atoms with Gasteiger partial charge in [-0.25, -0.2) is 8.42 Å². The van der Waals surface area contributed by atoms with Crippen LogP contribution in [0.3, 0.4) is 0 Å². The van der Waals surface area contributed by atoms with E-state index in [1.54, 1.807) is 16.7 Å². The second-order valence-electron chi connectivity index (χ2n) is 7.53. The zero-order valence-corrected chi connectivity index (χ0v) is 18.5. The van der Waals surface area contributed by atoms with Crippen molar-refractivity contribution in [1.82, 2.24) is 0 Å². The van der Waals surface area contributed by atoms with Gasteiger partial charge in [-0.3, -0.25) is 4.79 Å². The molecule has 1 atom stereocenters. The third-order valence-corrected chi connectivity index (χ3v) is 8.56. The van der Waals surface area contributed by atoms with Crippen molar-refractivity contribution >= 4 is 33.2 Å². The van der Waals surface area contributed by atoms with E-state index in [0.29, 0.717) is 6.42 Å². The van der Waals surface area contributed by atoms with E-state index in [0.717, 1.165) is 10.6 Å². The highest BCUT2D eigenvalue weighted by molar-refractivity contribution is 8.00. The fourth-order valence-corrected chi connectivity index (χ4v) is 6.59. The van der Waals surface area contributed by atoms with Crippen molar-refractivity contribution in [2.24, 2.45) is 0 Å². The van der Waals surface area contributed by atoms with E-state index < -0.39 is 9.84 Å². The Labute approximate surface area is 172 Å². The quantitative estimate of drug-likeness (QED) is 0.683. The summed E-state index contributed by atoms with van der Waals surface area (Å²) in [4.78, 5) is 16.1. The van der Waals surface area contributed by atoms with Crippen molar-refractivity contribution in [2.45, 2.75) is 45.1 Å². The molecule has 3 rings (SSSR count). The zero-order chi connectivity index (χ0) is 20.5. The minimum Gasteiger partial charge on any atom is -0.308 e. The number of carbonyl (C=O) groups excluding carboxylic acids is 1. The summed E-state index contributed by atoms with van der Waals surface area (Å²) in [7, 11) is -3.07. The molecule has 28 heavy (non-hydrogen) atoms. The van der Waals surface area contributed by atoms with Gasteiger partial charge < -0.3 is 4.90 Å². The van der Waals surface area contributed by atoms with Gasteiger partial charge in [-0.05, 0) is 68.5 Å². The third-order valence-electron chi connectivity index (χ3n) is 5.51. The first-order chi connectivity index (χ1) is 13.2. The lowest BCUT2D eigenvalue weighted by Crippen LogP contribution is -2.42. The van der Waals surface area contributed by atoms with E-state index in [4.69, 9.17) is 0 Å². The van der Waals surface area contributed by atoms with E-state index in [1.165, 1.54) is 22.3 Å². The van der Waals surface area contributed by atoms with E-state index in [9.17, 15) is 13.2 Å². The van der Waals surface area contributed by atoms with Crippen molar-refractivity contribution < 1.29 is 13.2 Å². The fraction of sp³-hybridized carbons (Fsp3) is 0.409. The molecule has 0 N–H and O–H groups in total. The van der Waals surface area contributed by atoms with Crippen LogP contribution in [0.4, 0.5) is 5.69 Å². The number of carbonyl (C=O) groups is 1. The summed E-state index contributed by atoms with van der Waals surface area (Å²) in [5.41, 5.74) is 5.62. The van der Waals surface area contributed by atoms with Crippen molar-refractivity contribution in [3.8, 4) is 0 Å². The number of para-hydroxylation sites is 1. The highest BCUT2D eigenvalue weighted by Crippen LogP contribution is 2.32. The first-order valence-electron chi connectivity index (χ1n) is 9.47. The number of thioether (sulfide) groups is 1. The average Bonchev–Trinajstić information content (AvgIpc) is 3.00. The summed E-state index contributed by atoms with van der Waals surface area (Å²) in [5.74, 6) is 0.434. The lowest BCUT2D eigenvalue weighted by Gasteiger charge is -2.28. The largest absolute Gasteiger partial charge is 0.308 e. The molecule has 1 saturated heterocycles. The predicted molar refractivity (Wildman–Crippen MR) is 117 cm³/mol. The number of hydrogen-bond donors (Lipinski definition) is 0. The summed E-state index contributed by atoms with van der Waals surface area (Å²) >= 11 is 1.55. The molecular weight excluding hydrogens is 390 g/mol. The summed E-state index contributed by atoms with van der Waals surface area (Å²) in [5, 5.41) is 0. The maximum absolute atomic E-state index is 13.2. The molecule has 0 radical (unpaired) electrons. The Morgan fingerprint density at radius 2 is 1.68 bits per heavy atom. The van der Waals surface area contributed by atoms with Crippen molar-refractivity contribution in [2.75, 3.05) is 22.2 Å². The first-order valence-corrected chi connectivity index (χ1v) is 12.3. The second kappa shape index (κ2) is 8.29. The molecule has 1 unspecified atom stereocenters. The molecule has 6 heteroatoms. The number of benzene rings is 2. The van der Waals surface area contributed by atoms with Gasteiger partial charge in [0.05, 0.1) is 23.3 Å². The molecule has 150 valence electrons. The SMILES string of the molecule is Cc1cc(C)c(C)c(SCC(=O)N(c2ccccc2)C2CCS(=O)(=O)C2)c1C. The number of nitrogens with zero attached hydrogens (tertiary/aromatic N) is 1. The van der Waals surface area contributed by atoms with Crippen LogP contribution in [-0.2, 0) is 14.6 Å². The van der Waals surface area contributed by atoms with Crippen LogP contribution in [0.2, 0.25) is 0 Å². The average molecular weight is 418 g/mol. The molecule has 1 aliphatic rings. The number of aryl methyl sites for hydroxylation is 2. The van der Waals surface area contributed by atoms with Gasteiger partial charge in [0.25, 0.3) is 0 Å². The Balaban J connectivity index is 1.85. The van der Waals surface area contributed by atoms with Crippen LogP contribution in [0.1, 0.15) is 28.7 Å². The van der Waals surface area contributed by atoms with E-state index in [1.807, 2.05) is 30.3 Å². The standard InChI is InChI=1S/C22H27NO3S2/c1-15-12-16(2)18(4)22(17(15)3)27-13-21(24)23(19-8-6-5-7-9-19)20-10-11-28(25,26)14-20/h5-9,12,20H,10-11,13-14H2,1-4H3. The summed E-state index contributed by atoms with van der Waals surface area (Å²) in [6.07, 6.45) is 0.495. The monoisotopic (exact) mass is 417 g/mol.